The highest BCUT2D eigenvalue weighted by Crippen LogP contribution is 2.40. The van der Waals surface area contributed by atoms with Gasteiger partial charge in [0.25, 0.3) is 5.91 Å². The molecule has 1 unspecified atom stereocenters. The number of methoxy groups -OCH3 is 2. The number of halogens is 1. The van der Waals surface area contributed by atoms with E-state index in [0.717, 1.165) is 6.92 Å². The molecule has 0 bridgehead atoms. The normalized spacial score (nSPS) is 17.9. The van der Waals surface area contributed by atoms with Crippen LogP contribution in [0.2, 0.25) is 5.02 Å². The van der Waals surface area contributed by atoms with Gasteiger partial charge in [-0.1, -0.05) is 11.6 Å². The summed E-state index contributed by atoms with van der Waals surface area (Å²) < 4.78 is 10.1. The lowest BCUT2D eigenvalue weighted by Crippen LogP contribution is -2.32. The zero-order valence-corrected chi connectivity index (χ0v) is 12.8. The summed E-state index contributed by atoms with van der Waals surface area (Å²) in [5.41, 5.74) is -0.00384. The molecule has 116 valence electrons. The first-order valence-corrected chi connectivity index (χ1v) is 6.55. The second-order valence-corrected chi connectivity index (χ2v) is 4.95. The number of anilines is 1. The summed E-state index contributed by atoms with van der Waals surface area (Å²) in [5.74, 6) is -5.07. The predicted octanol–water partition coefficient (Wildman–Crippen LogP) is 1.00. The number of imide groups is 1. The average Bonchev–Trinajstić information content (AvgIpc) is 2.69. The van der Waals surface area contributed by atoms with Crippen molar-refractivity contribution in [3.63, 3.8) is 0 Å². The van der Waals surface area contributed by atoms with E-state index in [1.165, 1.54) is 26.4 Å². The molecular formula is C14H12ClNO6. The van der Waals surface area contributed by atoms with Crippen LogP contribution in [0.1, 0.15) is 6.92 Å². The van der Waals surface area contributed by atoms with E-state index in [1.807, 2.05) is 0 Å². The molecule has 1 atom stereocenters. The van der Waals surface area contributed by atoms with Gasteiger partial charge in [-0.15, -0.1) is 0 Å². The van der Waals surface area contributed by atoms with E-state index in [9.17, 15) is 19.2 Å². The minimum Gasteiger partial charge on any atom is -0.495 e. The molecule has 1 aliphatic rings. The Bertz CT molecular complexity index is 699. The van der Waals surface area contributed by atoms with Gasteiger partial charge in [-0.2, -0.15) is 0 Å². The van der Waals surface area contributed by atoms with Gasteiger partial charge in [0.15, 0.2) is 5.92 Å². The Morgan fingerprint density at radius 1 is 1.14 bits per heavy atom. The Morgan fingerprint density at radius 2 is 1.73 bits per heavy atom. The zero-order valence-electron chi connectivity index (χ0n) is 12.0. The van der Waals surface area contributed by atoms with E-state index in [2.05, 4.69) is 0 Å². The molecule has 8 heteroatoms. The van der Waals surface area contributed by atoms with E-state index >= 15 is 0 Å². The highest BCUT2D eigenvalue weighted by atomic mass is 35.5. The third-order valence-electron chi connectivity index (χ3n) is 3.24. The van der Waals surface area contributed by atoms with E-state index in [4.69, 9.17) is 21.1 Å². The van der Waals surface area contributed by atoms with E-state index in [-0.39, 0.29) is 22.2 Å². The summed E-state index contributed by atoms with van der Waals surface area (Å²) >= 11 is 5.95. The number of amides is 2. The van der Waals surface area contributed by atoms with Crippen LogP contribution in [0.15, 0.2) is 12.1 Å². The summed E-state index contributed by atoms with van der Waals surface area (Å²) in [4.78, 5) is 48.2. The van der Waals surface area contributed by atoms with Crippen molar-refractivity contribution in [1.29, 1.82) is 0 Å². The number of carbonyl (C=O) groups is 4. The second kappa shape index (κ2) is 5.76. The number of rotatable bonds is 4. The number of ketones is 2. The van der Waals surface area contributed by atoms with Crippen LogP contribution in [0.3, 0.4) is 0 Å². The molecule has 1 fully saturated rings. The van der Waals surface area contributed by atoms with E-state index < -0.39 is 29.3 Å². The number of carbonyl (C=O) groups excluding carboxylic acids is 4. The molecule has 0 radical (unpaired) electrons. The van der Waals surface area contributed by atoms with Crippen molar-refractivity contribution in [3.8, 4) is 11.5 Å². The highest BCUT2D eigenvalue weighted by molar-refractivity contribution is 6.59. The van der Waals surface area contributed by atoms with Gasteiger partial charge in [0.1, 0.15) is 17.3 Å². The SMILES string of the molecule is COc1cc(N2C(=O)C(=O)C(C(C)=O)C2=O)c(OC)cc1Cl. The largest absolute Gasteiger partial charge is 0.495 e. The lowest BCUT2D eigenvalue weighted by molar-refractivity contribution is -0.139. The standard InChI is InChI=1S/C14H12ClNO6/c1-6(17)11-12(18)14(20)16(13(11)19)8-5-9(21-2)7(15)4-10(8)22-3/h4-5,11H,1-3H3. The van der Waals surface area contributed by atoms with Crippen LogP contribution in [0.4, 0.5) is 5.69 Å². The molecule has 2 rings (SSSR count). The lowest BCUT2D eigenvalue weighted by atomic mass is 10.0. The number of hydrogen-bond donors (Lipinski definition) is 0. The topological polar surface area (TPSA) is 90.0 Å². The summed E-state index contributed by atoms with van der Waals surface area (Å²) in [5, 5.41) is 0.205. The first kappa shape index (κ1) is 16.0. The van der Waals surface area contributed by atoms with Crippen LogP contribution >= 0.6 is 11.6 Å². The van der Waals surface area contributed by atoms with Gasteiger partial charge in [-0.3, -0.25) is 19.2 Å². The molecule has 22 heavy (non-hydrogen) atoms. The summed E-state index contributed by atoms with van der Waals surface area (Å²) in [6.45, 7) is 1.08. The van der Waals surface area contributed by atoms with Gasteiger partial charge in [-0.05, 0) is 6.92 Å². The molecule has 0 spiro atoms. The Kier molecular flexibility index (Phi) is 4.18. The summed E-state index contributed by atoms with van der Waals surface area (Å²) in [6.07, 6.45) is 0. The fourth-order valence-corrected chi connectivity index (χ4v) is 2.41. The first-order valence-electron chi connectivity index (χ1n) is 6.17. The maximum absolute atomic E-state index is 12.3. The molecule has 7 nitrogen and oxygen atoms in total. The quantitative estimate of drug-likeness (QED) is 0.466. The smallest absolute Gasteiger partial charge is 0.302 e. The van der Waals surface area contributed by atoms with Crippen molar-refractivity contribution in [2.24, 2.45) is 5.92 Å². The molecule has 1 aliphatic heterocycles. The molecule has 0 aliphatic carbocycles. The fraction of sp³-hybridized carbons (Fsp3) is 0.286. The van der Waals surface area contributed by atoms with Crippen molar-refractivity contribution in [2.45, 2.75) is 6.92 Å². The zero-order chi connectivity index (χ0) is 16.6. The third kappa shape index (κ3) is 2.33. The number of nitrogens with zero attached hydrogens (tertiary/aromatic N) is 1. The minimum atomic E-state index is -1.61. The van der Waals surface area contributed by atoms with E-state index in [0.29, 0.717) is 4.90 Å². The molecule has 2 amide bonds. The van der Waals surface area contributed by atoms with Crippen LogP contribution in [-0.4, -0.2) is 37.6 Å². The average molecular weight is 326 g/mol. The molecule has 0 aromatic heterocycles. The maximum atomic E-state index is 12.3. The summed E-state index contributed by atoms with van der Waals surface area (Å²) in [7, 11) is 2.67. The lowest BCUT2D eigenvalue weighted by Gasteiger charge is -2.18. The van der Waals surface area contributed by atoms with Gasteiger partial charge < -0.3 is 9.47 Å². The van der Waals surface area contributed by atoms with Gasteiger partial charge in [-0.25, -0.2) is 4.90 Å². The Labute approximate surface area is 130 Å². The van der Waals surface area contributed by atoms with Crippen LogP contribution in [-0.2, 0) is 19.2 Å². The van der Waals surface area contributed by atoms with Crippen LogP contribution in [0, 0.1) is 5.92 Å². The Hall–Kier alpha value is -2.41. The van der Waals surface area contributed by atoms with E-state index in [1.54, 1.807) is 0 Å². The molecule has 0 N–H and O–H groups in total. The molecule has 1 saturated heterocycles. The predicted molar refractivity (Wildman–Crippen MR) is 76.2 cm³/mol. The Balaban J connectivity index is 2.61. The molecule has 1 heterocycles. The van der Waals surface area contributed by atoms with Crippen molar-refractivity contribution < 1.29 is 28.7 Å². The Morgan fingerprint density at radius 3 is 2.18 bits per heavy atom. The number of hydrogen-bond acceptors (Lipinski definition) is 6. The van der Waals surface area contributed by atoms with Crippen LogP contribution in [0.5, 0.6) is 11.5 Å². The third-order valence-corrected chi connectivity index (χ3v) is 3.54. The van der Waals surface area contributed by atoms with Gasteiger partial charge in [0, 0.05) is 12.1 Å². The summed E-state index contributed by atoms with van der Waals surface area (Å²) in [6, 6.07) is 2.65. The van der Waals surface area contributed by atoms with Crippen molar-refractivity contribution in [3.05, 3.63) is 17.2 Å². The fourth-order valence-electron chi connectivity index (χ4n) is 2.18. The monoisotopic (exact) mass is 325 g/mol. The maximum Gasteiger partial charge on any atom is 0.302 e. The number of Topliss-reactive ketones (excluding diaryl/α,β-unsaturated/α-hetero) is 2. The second-order valence-electron chi connectivity index (χ2n) is 4.55. The van der Waals surface area contributed by atoms with Gasteiger partial charge >= 0.3 is 5.91 Å². The number of benzene rings is 1. The number of ether oxygens (including phenoxy) is 2. The van der Waals surface area contributed by atoms with Crippen molar-refractivity contribution in [2.75, 3.05) is 19.1 Å². The molecule has 0 saturated carbocycles. The van der Waals surface area contributed by atoms with Gasteiger partial charge in [0.2, 0.25) is 5.78 Å². The van der Waals surface area contributed by atoms with Crippen molar-refractivity contribution >= 4 is 40.7 Å². The molecule has 1 aromatic rings. The molecular weight excluding hydrogens is 314 g/mol. The van der Waals surface area contributed by atoms with Gasteiger partial charge in [0.05, 0.1) is 24.9 Å². The van der Waals surface area contributed by atoms with Crippen molar-refractivity contribution in [1.82, 2.24) is 0 Å². The minimum absolute atomic E-state index is 0.00384. The highest BCUT2D eigenvalue weighted by Gasteiger charge is 2.50. The first-order chi connectivity index (χ1) is 10.3. The molecule has 1 aromatic carbocycles. The van der Waals surface area contributed by atoms with Crippen LogP contribution < -0.4 is 14.4 Å². The van der Waals surface area contributed by atoms with Crippen LogP contribution in [0.25, 0.3) is 0 Å².